The highest BCUT2D eigenvalue weighted by Crippen LogP contribution is 2.45. The van der Waals surface area contributed by atoms with Gasteiger partial charge < -0.3 is 20.3 Å². The van der Waals surface area contributed by atoms with E-state index in [4.69, 9.17) is 0 Å². The van der Waals surface area contributed by atoms with E-state index in [2.05, 4.69) is 10.3 Å². The zero-order valence-corrected chi connectivity index (χ0v) is 20.9. The molecule has 35 heavy (non-hydrogen) atoms. The standard InChI is InChI=1S/C26H34N4O5/c1-14(2)12-19(23(32)33)28-22(31)20(13-15(3)4)30-24(34)26(5)21-17(10-11-29(26)25(30)35)16-8-6-7-9-18(16)27-21/h6-9,14-15,19-20,27H,10-13H2,1-5H3,(H,28,31)(H,32,33)/t19-,20-,26-/m0/s1. The van der Waals surface area contributed by atoms with Crippen LogP contribution in [0.2, 0.25) is 0 Å². The number of nitrogens with one attached hydrogen (secondary N) is 2. The molecule has 0 aliphatic carbocycles. The normalized spacial score (nSPS) is 21.5. The Morgan fingerprint density at radius 2 is 1.77 bits per heavy atom. The first-order valence-electron chi connectivity index (χ1n) is 12.2. The third-order valence-electron chi connectivity index (χ3n) is 7.13. The number of hydrogen-bond donors (Lipinski definition) is 3. The molecule has 1 fully saturated rings. The highest BCUT2D eigenvalue weighted by Gasteiger charge is 2.60. The second kappa shape index (κ2) is 9.02. The van der Waals surface area contributed by atoms with E-state index >= 15 is 0 Å². The molecule has 188 valence electrons. The number of carboxylic acids is 1. The van der Waals surface area contributed by atoms with Crippen LogP contribution in [0.3, 0.4) is 0 Å². The molecule has 9 nitrogen and oxygen atoms in total. The number of benzene rings is 1. The van der Waals surface area contributed by atoms with Crippen molar-refractivity contribution in [1.29, 1.82) is 0 Å². The van der Waals surface area contributed by atoms with E-state index in [0.717, 1.165) is 21.4 Å². The van der Waals surface area contributed by atoms with Gasteiger partial charge in [0.2, 0.25) is 5.91 Å². The van der Waals surface area contributed by atoms with E-state index < -0.39 is 41.4 Å². The Morgan fingerprint density at radius 1 is 1.11 bits per heavy atom. The molecule has 3 atom stereocenters. The SMILES string of the molecule is CC(C)C[C@H](NC(=O)[C@H](CC(C)C)N1C(=O)N2CCc3c([nH]c4ccccc34)[C@@]2(C)C1=O)C(=O)O. The number of rotatable bonds is 8. The fourth-order valence-electron chi connectivity index (χ4n) is 5.43. The summed E-state index contributed by atoms with van der Waals surface area (Å²) in [6.07, 6.45) is 1.08. The smallest absolute Gasteiger partial charge is 0.328 e. The molecule has 0 unspecified atom stereocenters. The summed E-state index contributed by atoms with van der Waals surface area (Å²) in [6.45, 7) is 9.63. The molecule has 4 amide bonds. The van der Waals surface area contributed by atoms with Crippen molar-refractivity contribution in [2.24, 2.45) is 11.8 Å². The lowest BCUT2D eigenvalue weighted by atomic mass is 9.86. The van der Waals surface area contributed by atoms with Crippen molar-refractivity contribution in [1.82, 2.24) is 20.1 Å². The van der Waals surface area contributed by atoms with Gasteiger partial charge in [0.05, 0.1) is 5.69 Å². The van der Waals surface area contributed by atoms with Gasteiger partial charge in [-0.1, -0.05) is 45.9 Å². The molecule has 2 aliphatic rings. The van der Waals surface area contributed by atoms with Crippen molar-refractivity contribution >= 4 is 34.7 Å². The summed E-state index contributed by atoms with van der Waals surface area (Å²) in [4.78, 5) is 58.7. The maximum absolute atomic E-state index is 14.0. The Labute approximate surface area is 204 Å². The predicted molar refractivity (Wildman–Crippen MR) is 131 cm³/mol. The van der Waals surface area contributed by atoms with Crippen molar-refractivity contribution in [2.45, 2.75) is 71.5 Å². The van der Waals surface area contributed by atoms with Gasteiger partial charge in [-0.3, -0.25) is 9.59 Å². The lowest BCUT2D eigenvalue weighted by molar-refractivity contribution is -0.144. The molecule has 0 spiro atoms. The number of urea groups is 1. The number of fused-ring (bicyclic) bond motifs is 5. The van der Waals surface area contributed by atoms with Crippen LogP contribution >= 0.6 is 0 Å². The number of H-pyrrole nitrogens is 1. The Morgan fingerprint density at radius 3 is 2.40 bits per heavy atom. The largest absolute Gasteiger partial charge is 0.480 e. The van der Waals surface area contributed by atoms with Crippen molar-refractivity contribution in [3.63, 3.8) is 0 Å². The van der Waals surface area contributed by atoms with Crippen molar-refractivity contribution in [3.8, 4) is 0 Å². The highest BCUT2D eigenvalue weighted by atomic mass is 16.4. The number of aliphatic carboxylic acids is 1. The Balaban J connectivity index is 1.72. The second-order valence-corrected chi connectivity index (χ2v) is 10.6. The third kappa shape index (κ3) is 4.06. The molecule has 2 aromatic rings. The monoisotopic (exact) mass is 482 g/mol. The number of imide groups is 1. The molecular formula is C26H34N4O5. The van der Waals surface area contributed by atoms with E-state index in [1.807, 2.05) is 52.0 Å². The van der Waals surface area contributed by atoms with Gasteiger partial charge in [-0.15, -0.1) is 0 Å². The molecular weight excluding hydrogens is 448 g/mol. The minimum atomic E-state index is -1.26. The molecule has 4 rings (SSSR count). The number of hydrogen-bond acceptors (Lipinski definition) is 4. The van der Waals surface area contributed by atoms with Gasteiger partial charge in [0, 0.05) is 17.4 Å². The Kier molecular flexibility index (Phi) is 6.38. The summed E-state index contributed by atoms with van der Waals surface area (Å²) in [5, 5.41) is 13.2. The quantitative estimate of drug-likeness (QED) is 0.499. The first kappa shape index (κ1) is 24.8. The van der Waals surface area contributed by atoms with E-state index in [1.54, 1.807) is 6.92 Å². The molecule has 1 aromatic carbocycles. The van der Waals surface area contributed by atoms with Gasteiger partial charge in [-0.05, 0) is 49.7 Å². The van der Waals surface area contributed by atoms with Crippen LogP contribution in [-0.2, 0) is 26.3 Å². The zero-order valence-electron chi connectivity index (χ0n) is 20.9. The average Bonchev–Trinajstić information content (AvgIpc) is 3.25. The summed E-state index contributed by atoms with van der Waals surface area (Å²) >= 11 is 0. The number of carbonyl (C=O) groups is 4. The lowest BCUT2D eigenvalue weighted by Gasteiger charge is -2.36. The number of nitrogens with zero attached hydrogens (tertiary/aromatic N) is 2. The van der Waals surface area contributed by atoms with Gasteiger partial charge >= 0.3 is 12.0 Å². The summed E-state index contributed by atoms with van der Waals surface area (Å²) in [6, 6.07) is 5.09. The Hall–Kier alpha value is -3.36. The van der Waals surface area contributed by atoms with Crippen LogP contribution < -0.4 is 5.32 Å². The first-order chi connectivity index (χ1) is 16.5. The molecule has 0 saturated carbocycles. The number of carbonyl (C=O) groups excluding carboxylic acids is 3. The first-order valence-corrected chi connectivity index (χ1v) is 12.2. The summed E-state index contributed by atoms with van der Waals surface area (Å²) in [7, 11) is 0. The van der Waals surface area contributed by atoms with E-state index in [0.29, 0.717) is 18.7 Å². The minimum absolute atomic E-state index is 0.00574. The van der Waals surface area contributed by atoms with Gasteiger partial charge in [-0.25, -0.2) is 14.5 Å². The number of aromatic nitrogens is 1. The number of carboxylic acid groups (broad SMARTS) is 1. The predicted octanol–water partition coefficient (Wildman–Crippen LogP) is 3.23. The zero-order chi connectivity index (χ0) is 25.7. The van der Waals surface area contributed by atoms with E-state index in [9.17, 15) is 24.3 Å². The molecule has 2 aliphatic heterocycles. The summed E-state index contributed by atoms with van der Waals surface area (Å²) in [5.74, 6) is -2.18. The molecule has 0 bridgehead atoms. The van der Waals surface area contributed by atoms with Gasteiger partial charge in [0.25, 0.3) is 5.91 Å². The highest BCUT2D eigenvalue weighted by molar-refractivity contribution is 6.11. The summed E-state index contributed by atoms with van der Waals surface area (Å²) < 4.78 is 0. The lowest BCUT2D eigenvalue weighted by Crippen LogP contribution is -2.54. The molecule has 3 N–H and O–H groups in total. The third-order valence-corrected chi connectivity index (χ3v) is 7.13. The number of amides is 4. The molecule has 9 heteroatoms. The van der Waals surface area contributed by atoms with E-state index in [-0.39, 0.29) is 24.7 Å². The van der Waals surface area contributed by atoms with Crippen molar-refractivity contribution in [2.75, 3.05) is 6.54 Å². The topological polar surface area (TPSA) is 123 Å². The maximum Gasteiger partial charge on any atom is 0.328 e. The van der Waals surface area contributed by atoms with E-state index in [1.165, 1.54) is 4.90 Å². The van der Waals surface area contributed by atoms with Crippen LogP contribution in [0, 0.1) is 11.8 Å². The molecule has 3 heterocycles. The van der Waals surface area contributed by atoms with Crippen LogP contribution in [0.5, 0.6) is 0 Å². The van der Waals surface area contributed by atoms with Crippen LogP contribution in [-0.4, -0.2) is 62.3 Å². The molecule has 1 saturated heterocycles. The second-order valence-electron chi connectivity index (χ2n) is 10.6. The van der Waals surface area contributed by atoms with Gasteiger partial charge in [0.15, 0.2) is 5.54 Å². The Bertz CT molecular complexity index is 1190. The minimum Gasteiger partial charge on any atom is -0.480 e. The number of aromatic amines is 1. The molecule has 0 radical (unpaired) electrons. The maximum atomic E-state index is 14.0. The van der Waals surface area contributed by atoms with Gasteiger partial charge in [-0.2, -0.15) is 0 Å². The molecule has 1 aromatic heterocycles. The average molecular weight is 483 g/mol. The van der Waals surface area contributed by atoms with Crippen molar-refractivity contribution < 1.29 is 24.3 Å². The fourth-order valence-corrected chi connectivity index (χ4v) is 5.43. The fraction of sp³-hybridized carbons (Fsp3) is 0.538. The van der Waals surface area contributed by atoms with Crippen LogP contribution in [0.25, 0.3) is 10.9 Å². The van der Waals surface area contributed by atoms with Gasteiger partial charge in [0.1, 0.15) is 12.1 Å². The summed E-state index contributed by atoms with van der Waals surface area (Å²) in [5.41, 5.74) is 1.32. The van der Waals surface area contributed by atoms with Crippen LogP contribution in [0.1, 0.15) is 58.7 Å². The number of para-hydroxylation sites is 1. The van der Waals surface area contributed by atoms with Crippen LogP contribution in [0.4, 0.5) is 4.79 Å². The van der Waals surface area contributed by atoms with Crippen LogP contribution in [0.15, 0.2) is 24.3 Å². The van der Waals surface area contributed by atoms with Crippen molar-refractivity contribution in [3.05, 3.63) is 35.5 Å².